The molecule has 1 saturated heterocycles. The molecular formula is C21H34N2O6S. The average Bonchev–Trinajstić information content (AvgIpc) is 3.37. The van der Waals surface area contributed by atoms with Gasteiger partial charge in [-0.15, -0.1) is 0 Å². The molecule has 1 amide bonds. The zero-order chi connectivity index (χ0) is 21.8. The molecule has 0 aromatic carbocycles. The highest BCUT2D eigenvalue weighted by atomic mass is 32.2. The van der Waals surface area contributed by atoms with E-state index >= 15 is 0 Å². The standard InChI is InChI=1S/C21H34N2O6S/c1-4-13-30(25,26)20(2,3)19(24)22-17-14-16(23-29-17)21(10-6-7-11-21)15-28-18-9-5-8-12-27-18/h14,18H,4-13,15H2,1-3H3,(H,22,24). The predicted octanol–water partition coefficient (Wildman–Crippen LogP) is 3.57. The van der Waals surface area contributed by atoms with Crippen LogP contribution in [0, 0.1) is 0 Å². The molecular weight excluding hydrogens is 408 g/mol. The minimum atomic E-state index is -3.58. The van der Waals surface area contributed by atoms with Crippen LogP contribution < -0.4 is 5.32 Å². The molecule has 1 aliphatic heterocycles. The maximum absolute atomic E-state index is 12.7. The molecule has 1 aromatic heterocycles. The maximum Gasteiger partial charge on any atom is 0.247 e. The van der Waals surface area contributed by atoms with Crippen LogP contribution in [0.3, 0.4) is 0 Å². The first-order valence-corrected chi connectivity index (χ1v) is 12.6. The van der Waals surface area contributed by atoms with Crippen molar-refractivity contribution in [3.05, 3.63) is 11.8 Å². The van der Waals surface area contributed by atoms with Crippen molar-refractivity contribution in [2.75, 3.05) is 24.3 Å². The number of aromatic nitrogens is 1. The summed E-state index contributed by atoms with van der Waals surface area (Å²) >= 11 is 0. The van der Waals surface area contributed by atoms with Gasteiger partial charge in [-0.2, -0.15) is 0 Å². The minimum absolute atomic E-state index is 0.0429. The third-order valence-electron chi connectivity index (χ3n) is 6.33. The van der Waals surface area contributed by atoms with Gasteiger partial charge in [0.15, 0.2) is 16.1 Å². The van der Waals surface area contributed by atoms with E-state index in [4.69, 9.17) is 14.0 Å². The minimum Gasteiger partial charge on any atom is -0.353 e. The van der Waals surface area contributed by atoms with E-state index in [2.05, 4.69) is 10.5 Å². The number of hydrogen-bond donors (Lipinski definition) is 1. The lowest BCUT2D eigenvalue weighted by Crippen LogP contribution is -2.45. The van der Waals surface area contributed by atoms with Gasteiger partial charge in [-0.25, -0.2) is 8.42 Å². The third-order valence-corrected chi connectivity index (χ3v) is 9.02. The third kappa shape index (κ3) is 4.89. The monoisotopic (exact) mass is 442 g/mol. The van der Waals surface area contributed by atoms with Crippen LogP contribution in [0.1, 0.15) is 77.8 Å². The molecule has 1 N–H and O–H groups in total. The van der Waals surface area contributed by atoms with Crippen molar-refractivity contribution < 1.29 is 27.2 Å². The molecule has 170 valence electrons. The van der Waals surface area contributed by atoms with Gasteiger partial charge < -0.3 is 14.0 Å². The molecule has 1 saturated carbocycles. The second-order valence-electron chi connectivity index (χ2n) is 8.95. The molecule has 1 aromatic rings. The van der Waals surface area contributed by atoms with E-state index in [9.17, 15) is 13.2 Å². The first kappa shape index (κ1) is 23.2. The number of ether oxygens (including phenoxy) is 2. The molecule has 1 atom stereocenters. The molecule has 30 heavy (non-hydrogen) atoms. The lowest BCUT2D eigenvalue weighted by molar-refractivity contribution is -0.172. The van der Waals surface area contributed by atoms with Crippen LogP contribution >= 0.6 is 0 Å². The summed E-state index contributed by atoms with van der Waals surface area (Å²) in [6, 6.07) is 1.71. The van der Waals surface area contributed by atoms with Gasteiger partial charge in [0.2, 0.25) is 11.8 Å². The first-order valence-electron chi connectivity index (χ1n) is 10.9. The van der Waals surface area contributed by atoms with Crippen molar-refractivity contribution in [2.45, 2.75) is 88.6 Å². The Balaban J connectivity index is 1.69. The van der Waals surface area contributed by atoms with Gasteiger partial charge in [0.1, 0.15) is 4.75 Å². The Morgan fingerprint density at radius 1 is 1.30 bits per heavy atom. The highest BCUT2D eigenvalue weighted by Gasteiger charge is 2.43. The van der Waals surface area contributed by atoms with E-state index in [-0.39, 0.29) is 23.3 Å². The van der Waals surface area contributed by atoms with Gasteiger partial charge >= 0.3 is 0 Å². The number of carbonyl (C=O) groups excluding carboxylic acids is 1. The van der Waals surface area contributed by atoms with Crippen LogP contribution in [-0.2, 0) is 29.5 Å². The topological polar surface area (TPSA) is 108 Å². The van der Waals surface area contributed by atoms with Crippen LogP contribution in [-0.4, -0.2) is 49.5 Å². The van der Waals surface area contributed by atoms with Crippen molar-refractivity contribution >= 4 is 21.6 Å². The number of carbonyl (C=O) groups is 1. The summed E-state index contributed by atoms with van der Waals surface area (Å²) in [4.78, 5) is 12.7. The van der Waals surface area contributed by atoms with E-state index in [1.54, 1.807) is 13.0 Å². The van der Waals surface area contributed by atoms with Crippen molar-refractivity contribution in [3.8, 4) is 0 Å². The Hall–Kier alpha value is -1.45. The van der Waals surface area contributed by atoms with Gasteiger partial charge in [0, 0.05) is 18.1 Å². The van der Waals surface area contributed by atoms with Crippen molar-refractivity contribution in [1.29, 1.82) is 0 Å². The van der Waals surface area contributed by atoms with E-state index < -0.39 is 20.5 Å². The fraction of sp³-hybridized carbons (Fsp3) is 0.810. The maximum atomic E-state index is 12.7. The highest BCUT2D eigenvalue weighted by molar-refractivity contribution is 7.93. The smallest absolute Gasteiger partial charge is 0.247 e. The molecule has 0 spiro atoms. The Morgan fingerprint density at radius 2 is 2.03 bits per heavy atom. The summed E-state index contributed by atoms with van der Waals surface area (Å²) in [5, 5.41) is 6.81. The number of rotatable bonds is 9. The summed E-state index contributed by atoms with van der Waals surface area (Å²) in [7, 11) is -3.58. The Morgan fingerprint density at radius 3 is 2.67 bits per heavy atom. The molecule has 9 heteroatoms. The second-order valence-corrected chi connectivity index (χ2v) is 11.6. The van der Waals surface area contributed by atoms with Gasteiger partial charge in [0.25, 0.3) is 0 Å². The summed E-state index contributed by atoms with van der Waals surface area (Å²) in [5.41, 5.74) is 0.470. The normalized spacial score (nSPS) is 22.2. The predicted molar refractivity (Wildman–Crippen MR) is 113 cm³/mol. The molecule has 8 nitrogen and oxygen atoms in total. The number of amides is 1. The molecule has 2 heterocycles. The van der Waals surface area contributed by atoms with Gasteiger partial charge in [-0.3, -0.25) is 10.1 Å². The zero-order valence-electron chi connectivity index (χ0n) is 18.2. The first-order chi connectivity index (χ1) is 14.2. The number of anilines is 1. The Bertz CT molecular complexity index is 820. The molecule has 1 unspecified atom stereocenters. The van der Waals surface area contributed by atoms with Gasteiger partial charge in [-0.1, -0.05) is 24.9 Å². The van der Waals surface area contributed by atoms with E-state index in [0.29, 0.717) is 13.0 Å². The van der Waals surface area contributed by atoms with E-state index in [1.165, 1.54) is 13.8 Å². The van der Waals surface area contributed by atoms with Gasteiger partial charge in [-0.05, 0) is 52.4 Å². The van der Waals surface area contributed by atoms with Crippen molar-refractivity contribution in [1.82, 2.24) is 5.16 Å². The van der Waals surface area contributed by atoms with Crippen LogP contribution in [0.25, 0.3) is 0 Å². The fourth-order valence-electron chi connectivity index (χ4n) is 4.13. The summed E-state index contributed by atoms with van der Waals surface area (Å²) in [6.07, 6.45) is 7.36. The van der Waals surface area contributed by atoms with Crippen molar-refractivity contribution in [2.24, 2.45) is 0 Å². The lowest BCUT2D eigenvalue weighted by atomic mass is 9.83. The largest absolute Gasteiger partial charge is 0.353 e. The van der Waals surface area contributed by atoms with Crippen LogP contribution in [0.5, 0.6) is 0 Å². The molecule has 3 rings (SSSR count). The molecule has 2 aliphatic rings. The summed E-state index contributed by atoms with van der Waals surface area (Å²) < 4.78 is 40.5. The van der Waals surface area contributed by atoms with Gasteiger partial charge in [0.05, 0.1) is 18.1 Å². The van der Waals surface area contributed by atoms with E-state index in [1.807, 2.05) is 0 Å². The summed E-state index contributed by atoms with van der Waals surface area (Å²) in [5.74, 6) is -0.500. The highest BCUT2D eigenvalue weighted by Crippen LogP contribution is 2.42. The lowest BCUT2D eigenvalue weighted by Gasteiger charge is -2.30. The second kappa shape index (κ2) is 9.36. The molecule has 0 bridgehead atoms. The molecule has 0 radical (unpaired) electrons. The number of hydrogen-bond acceptors (Lipinski definition) is 7. The average molecular weight is 443 g/mol. The number of sulfone groups is 1. The van der Waals surface area contributed by atoms with Crippen LogP contribution in [0.15, 0.2) is 10.6 Å². The zero-order valence-corrected chi connectivity index (χ0v) is 19.1. The fourth-order valence-corrected chi connectivity index (χ4v) is 5.51. The molecule has 1 aliphatic carbocycles. The van der Waals surface area contributed by atoms with E-state index in [0.717, 1.165) is 57.2 Å². The molecule has 2 fully saturated rings. The SMILES string of the molecule is CCCS(=O)(=O)C(C)(C)C(=O)Nc1cc(C2(COC3CCCCO3)CCCC2)no1. The number of nitrogens with one attached hydrogen (secondary N) is 1. The van der Waals surface area contributed by atoms with Crippen molar-refractivity contribution in [3.63, 3.8) is 0 Å². The van der Waals surface area contributed by atoms with Crippen LogP contribution in [0.2, 0.25) is 0 Å². The Labute approximate surface area is 179 Å². The summed E-state index contributed by atoms with van der Waals surface area (Å²) in [6.45, 7) is 5.83. The number of nitrogens with zero attached hydrogens (tertiary/aromatic N) is 1. The van der Waals surface area contributed by atoms with Crippen LogP contribution in [0.4, 0.5) is 5.88 Å². The quantitative estimate of drug-likeness (QED) is 0.623. The Kier molecular flexibility index (Phi) is 7.24.